The molecule has 20 heavy (non-hydrogen) atoms. The Morgan fingerprint density at radius 2 is 1.90 bits per heavy atom. The summed E-state index contributed by atoms with van der Waals surface area (Å²) in [6, 6.07) is 6.44. The third-order valence-corrected chi connectivity index (χ3v) is 3.90. The summed E-state index contributed by atoms with van der Waals surface area (Å²) in [5.74, 6) is -0.935. The van der Waals surface area contributed by atoms with E-state index >= 15 is 0 Å². The van der Waals surface area contributed by atoms with Crippen LogP contribution in [0.15, 0.2) is 24.3 Å². The first-order valence-corrected chi connectivity index (χ1v) is 6.85. The summed E-state index contributed by atoms with van der Waals surface area (Å²) >= 11 is 0. The number of rotatable bonds is 3. The topological polar surface area (TPSA) is 83.6 Å². The zero-order chi connectivity index (χ0) is 14.7. The lowest BCUT2D eigenvalue weighted by atomic mass is 9.85. The van der Waals surface area contributed by atoms with Crippen molar-refractivity contribution in [1.29, 1.82) is 0 Å². The van der Waals surface area contributed by atoms with Gasteiger partial charge < -0.3 is 15.7 Å². The van der Waals surface area contributed by atoms with Gasteiger partial charge in [0.1, 0.15) is 0 Å². The number of carbonyl (C=O) groups excluding carboxylic acids is 1. The Morgan fingerprint density at radius 1 is 1.25 bits per heavy atom. The molecule has 0 aliphatic heterocycles. The predicted octanol–water partition coefficient (Wildman–Crippen LogP) is 1.87. The molecule has 1 aliphatic rings. The molecule has 1 amide bonds. The Morgan fingerprint density at radius 3 is 2.45 bits per heavy atom. The van der Waals surface area contributed by atoms with Crippen molar-refractivity contribution in [1.82, 2.24) is 0 Å². The molecule has 108 valence electrons. The zero-order valence-corrected chi connectivity index (χ0v) is 11.6. The van der Waals surface area contributed by atoms with Crippen molar-refractivity contribution in [3.05, 3.63) is 29.8 Å². The van der Waals surface area contributed by atoms with E-state index < -0.39 is 5.97 Å². The predicted molar refractivity (Wildman–Crippen MR) is 76.7 cm³/mol. The summed E-state index contributed by atoms with van der Waals surface area (Å²) in [5.41, 5.74) is 6.84. The number of carbonyl (C=O) groups is 2. The fourth-order valence-electron chi connectivity index (χ4n) is 2.68. The van der Waals surface area contributed by atoms with Crippen LogP contribution < -0.4 is 10.6 Å². The van der Waals surface area contributed by atoms with Gasteiger partial charge in [0.05, 0.1) is 5.56 Å². The maximum Gasteiger partial charge on any atom is 0.335 e. The smallest absolute Gasteiger partial charge is 0.335 e. The Labute approximate surface area is 118 Å². The van der Waals surface area contributed by atoms with Crippen LogP contribution >= 0.6 is 0 Å². The van der Waals surface area contributed by atoms with E-state index in [4.69, 9.17) is 10.8 Å². The van der Waals surface area contributed by atoms with Crippen LogP contribution in [0.3, 0.4) is 0 Å². The second kappa shape index (κ2) is 6.05. The minimum Gasteiger partial charge on any atom is -0.478 e. The largest absolute Gasteiger partial charge is 0.478 e. The lowest BCUT2D eigenvalue weighted by Crippen LogP contribution is -2.38. The molecule has 1 saturated carbocycles. The van der Waals surface area contributed by atoms with E-state index in [-0.39, 0.29) is 23.4 Å². The quantitative estimate of drug-likeness (QED) is 0.882. The van der Waals surface area contributed by atoms with Crippen LogP contribution in [0.25, 0.3) is 0 Å². The van der Waals surface area contributed by atoms with Crippen molar-refractivity contribution in [2.45, 2.75) is 31.7 Å². The number of benzene rings is 1. The van der Waals surface area contributed by atoms with Crippen LogP contribution in [-0.2, 0) is 4.79 Å². The van der Waals surface area contributed by atoms with Gasteiger partial charge in [-0.3, -0.25) is 4.79 Å². The lowest BCUT2D eigenvalue weighted by molar-refractivity contribution is -0.123. The van der Waals surface area contributed by atoms with E-state index in [0.29, 0.717) is 5.69 Å². The number of aromatic carboxylic acids is 1. The number of nitrogens with two attached hydrogens (primary N) is 1. The van der Waals surface area contributed by atoms with E-state index in [0.717, 1.165) is 25.7 Å². The molecular weight excluding hydrogens is 256 g/mol. The maximum atomic E-state index is 12.4. The molecule has 1 fully saturated rings. The molecule has 2 rings (SSSR count). The van der Waals surface area contributed by atoms with Gasteiger partial charge in [-0.2, -0.15) is 0 Å². The van der Waals surface area contributed by atoms with Crippen LogP contribution in [-0.4, -0.2) is 30.1 Å². The first kappa shape index (κ1) is 14.5. The van der Waals surface area contributed by atoms with Gasteiger partial charge in [0.15, 0.2) is 0 Å². The molecule has 0 aromatic heterocycles. The van der Waals surface area contributed by atoms with Crippen molar-refractivity contribution in [3.63, 3.8) is 0 Å². The van der Waals surface area contributed by atoms with Crippen molar-refractivity contribution in [3.8, 4) is 0 Å². The molecule has 2 unspecified atom stereocenters. The van der Waals surface area contributed by atoms with E-state index in [9.17, 15) is 9.59 Å². The van der Waals surface area contributed by atoms with Gasteiger partial charge in [0.25, 0.3) is 0 Å². The zero-order valence-electron chi connectivity index (χ0n) is 11.6. The first-order chi connectivity index (χ1) is 9.49. The van der Waals surface area contributed by atoms with Crippen LogP contribution in [0.1, 0.15) is 36.0 Å². The number of anilines is 1. The fraction of sp³-hybridized carbons (Fsp3) is 0.467. The molecule has 1 aromatic carbocycles. The molecule has 2 atom stereocenters. The van der Waals surface area contributed by atoms with Gasteiger partial charge in [0.2, 0.25) is 5.91 Å². The Hall–Kier alpha value is -1.88. The van der Waals surface area contributed by atoms with Gasteiger partial charge in [-0.25, -0.2) is 4.79 Å². The van der Waals surface area contributed by atoms with Crippen LogP contribution in [0.2, 0.25) is 0 Å². The number of amides is 1. The molecule has 0 bridgehead atoms. The standard InChI is InChI=1S/C15H20N2O3/c1-17(13-7-5-10(6-8-13)15(19)20)14(18)11-3-2-4-12(16)9-11/h5-8,11-12H,2-4,9,16H2,1H3,(H,19,20). The Bertz CT molecular complexity index is 498. The van der Waals surface area contributed by atoms with Gasteiger partial charge in [-0.05, 0) is 43.5 Å². The molecule has 0 heterocycles. The lowest BCUT2D eigenvalue weighted by Gasteiger charge is -2.29. The number of carboxylic acid groups (broad SMARTS) is 1. The van der Waals surface area contributed by atoms with Crippen molar-refractivity contribution in [2.75, 3.05) is 11.9 Å². The van der Waals surface area contributed by atoms with E-state index in [1.165, 1.54) is 12.1 Å². The number of carboxylic acids is 1. The highest BCUT2D eigenvalue weighted by Crippen LogP contribution is 2.26. The Balaban J connectivity index is 2.07. The van der Waals surface area contributed by atoms with Crippen LogP contribution in [0.5, 0.6) is 0 Å². The molecular formula is C15H20N2O3. The maximum absolute atomic E-state index is 12.4. The highest BCUT2D eigenvalue weighted by Gasteiger charge is 2.28. The fourth-order valence-corrected chi connectivity index (χ4v) is 2.68. The van der Waals surface area contributed by atoms with E-state index in [2.05, 4.69) is 0 Å². The molecule has 1 aliphatic carbocycles. The molecule has 0 saturated heterocycles. The average Bonchev–Trinajstić information content (AvgIpc) is 2.46. The van der Waals surface area contributed by atoms with Crippen LogP contribution in [0, 0.1) is 5.92 Å². The third kappa shape index (κ3) is 3.17. The monoisotopic (exact) mass is 276 g/mol. The highest BCUT2D eigenvalue weighted by molar-refractivity contribution is 5.95. The summed E-state index contributed by atoms with van der Waals surface area (Å²) in [4.78, 5) is 24.8. The second-order valence-electron chi connectivity index (χ2n) is 5.37. The summed E-state index contributed by atoms with van der Waals surface area (Å²) in [7, 11) is 1.72. The van der Waals surface area contributed by atoms with Gasteiger partial charge >= 0.3 is 5.97 Å². The first-order valence-electron chi connectivity index (χ1n) is 6.85. The number of hydrogen-bond donors (Lipinski definition) is 2. The second-order valence-corrected chi connectivity index (χ2v) is 5.37. The third-order valence-electron chi connectivity index (χ3n) is 3.90. The van der Waals surface area contributed by atoms with Gasteiger partial charge in [0, 0.05) is 24.7 Å². The molecule has 1 aromatic rings. The Kier molecular flexibility index (Phi) is 4.39. The molecule has 0 spiro atoms. The van der Waals surface area contributed by atoms with Crippen molar-refractivity contribution < 1.29 is 14.7 Å². The van der Waals surface area contributed by atoms with Crippen LogP contribution in [0.4, 0.5) is 5.69 Å². The molecule has 3 N–H and O–H groups in total. The summed E-state index contributed by atoms with van der Waals surface area (Å²) in [5, 5.41) is 8.86. The number of nitrogens with zero attached hydrogens (tertiary/aromatic N) is 1. The minimum absolute atomic E-state index is 0.0251. The number of hydrogen-bond acceptors (Lipinski definition) is 3. The minimum atomic E-state index is -0.969. The highest BCUT2D eigenvalue weighted by atomic mass is 16.4. The van der Waals surface area contributed by atoms with Crippen molar-refractivity contribution >= 4 is 17.6 Å². The molecule has 5 nitrogen and oxygen atoms in total. The average molecular weight is 276 g/mol. The van der Waals surface area contributed by atoms with E-state index in [1.54, 1.807) is 24.1 Å². The summed E-state index contributed by atoms with van der Waals surface area (Å²) < 4.78 is 0. The molecule has 0 radical (unpaired) electrons. The summed E-state index contributed by atoms with van der Waals surface area (Å²) in [6.45, 7) is 0. The van der Waals surface area contributed by atoms with Crippen molar-refractivity contribution in [2.24, 2.45) is 11.7 Å². The SMILES string of the molecule is CN(C(=O)C1CCCC(N)C1)c1ccc(C(=O)O)cc1. The van der Waals surface area contributed by atoms with Gasteiger partial charge in [-0.1, -0.05) is 6.42 Å². The summed E-state index contributed by atoms with van der Waals surface area (Å²) in [6.07, 6.45) is 3.59. The van der Waals surface area contributed by atoms with E-state index in [1.807, 2.05) is 0 Å². The molecule has 5 heteroatoms. The van der Waals surface area contributed by atoms with Gasteiger partial charge in [-0.15, -0.1) is 0 Å². The normalized spacial score (nSPS) is 22.3.